The molecule has 0 unspecified atom stereocenters. The van der Waals surface area contributed by atoms with Gasteiger partial charge in [-0.25, -0.2) is 0 Å². The summed E-state index contributed by atoms with van der Waals surface area (Å²) in [6, 6.07) is 7.26. The van der Waals surface area contributed by atoms with Crippen molar-refractivity contribution >= 4 is 17.6 Å². The Morgan fingerprint density at radius 1 is 1.38 bits per heavy atom. The van der Waals surface area contributed by atoms with Gasteiger partial charge in [-0.1, -0.05) is 18.2 Å². The van der Waals surface area contributed by atoms with Crippen LogP contribution in [0.3, 0.4) is 0 Å². The molecule has 4 heteroatoms. The number of anilines is 1. The first-order valence-corrected chi connectivity index (χ1v) is 4.99. The minimum Gasteiger partial charge on any atom is -0.468 e. The van der Waals surface area contributed by atoms with Crippen molar-refractivity contribution in [3.8, 4) is 0 Å². The van der Waals surface area contributed by atoms with Gasteiger partial charge in [-0.3, -0.25) is 9.59 Å². The van der Waals surface area contributed by atoms with E-state index in [4.69, 9.17) is 4.74 Å². The van der Waals surface area contributed by atoms with Crippen molar-refractivity contribution in [1.29, 1.82) is 0 Å². The van der Waals surface area contributed by atoms with Crippen molar-refractivity contribution in [3.05, 3.63) is 29.8 Å². The van der Waals surface area contributed by atoms with Gasteiger partial charge in [0.15, 0.2) is 5.41 Å². The Morgan fingerprint density at radius 2 is 2.00 bits per heavy atom. The van der Waals surface area contributed by atoms with Crippen LogP contribution < -0.4 is 4.90 Å². The number of hydrogen-bond donors (Lipinski definition) is 0. The zero-order chi connectivity index (χ0) is 11.9. The van der Waals surface area contributed by atoms with E-state index >= 15 is 0 Å². The van der Waals surface area contributed by atoms with Crippen molar-refractivity contribution in [2.45, 2.75) is 12.3 Å². The second kappa shape index (κ2) is 3.33. The molecule has 0 fully saturated rings. The number of nitrogens with zero attached hydrogens (tertiary/aromatic N) is 1. The molecule has 2 rings (SSSR count). The average Bonchev–Trinajstić information content (AvgIpc) is 2.52. The van der Waals surface area contributed by atoms with Gasteiger partial charge in [-0.15, -0.1) is 0 Å². The molecule has 0 aromatic heterocycles. The van der Waals surface area contributed by atoms with Crippen LogP contribution in [-0.4, -0.2) is 26.0 Å². The molecule has 1 aromatic rings. The molecule has 1 amide bonds. The van der Waals surface area contributed by atoms with E-state index in [0.29, 0.717) is 5.56 Å². The fourth-order valence-electron chi connectivity index (χ4n) is 2.15. The second-order valence-corrected chi connectivity index (χ2v) is 4.00. The van der Waals surface area contributed by atoms with Crippen LogP contribution in [0.5, 0.6) is 0 Å². The van der Waals surface area contributed by atoms with E-state index in [1.165, 1.54) is 12.0 Å². The summed E-state index contributed by atoms with van der Waals surface area (Å²) in [7, 11) is 2.96. The number of carbonyl (C=O) groups is 2. The minimum absolute atomic E-state index is 0.249. The molecule has 16 heavy (non-hydrogen) atoms. The van der Waals surface area contributed by atoms with Gasteiger partial charge in [0.25, 0.3) is 0 Å². The lowest BCUT2D eigenvalue weighted by molar-refractivity contribution is -0.150. The molecule has 1 heterocycles. The predicted octanol–water partition coefficient (Wildman–Crippen LogP) is 1.09. The van der Waals surface area contributed by atoms with Gasteiger partial charge in [0.2, 0.25) is 5.91 Å². The number of fused-ring (bicyclic) bond motifs is 1. The zero-order valence-corrected chi connectivity index (χ0v) is 9.48. The summed E-state index contributed by atoms with van der Waals surface area (Å²) in [5.41, 5.74) is 0.259. The van der Waals surface area contributed by atoms with E-state index in [2.05, 4.69) is 0 Å². The third-order valence-corrected chi connectivity index (χ3v) is 3.13. The van der Waals surface area contributed by atoms with E-state index in [0.717, 1.165) is 5.69 Å². The molecule has 0 saturated carbocycles. The molecule has 0 aliphatic carbocycles. The lowest BCUT2D eigenvalue weighted by atomic mass is 9.84. The largest absolute Gasteiger partial charge is 0.468 e. The summed E-state index contributed by atoms with van der Waals surface area (Å²) in [5.74, 6) is -0.769. The lowest BCUT2D eigenvalue weighted by Crippen LogP contribution is -2.43. The number of methoxy groups -OCH3 is 1. The van der Waals surface area contributed by atoms with Crippen LogP contribution in [0.1, 0.15) is 12.5 Å². The Hall–Kier alpha value is -1.84. The Kier molecular flexibility index (Phi) is 2.22. The SMILES string of the molecule is COC(=O)[C@@]1(C)C(=O)N(C)c2ccccc21. The summed E-state index contributed by atoms with van der Waals surface area (Å²) in [5, 5.41) is 0. The maximum atomic E-state index is 12.1. The number of esters is 1. The number of para-hydroxylation sites is 1. The van der Waals surface area contributed by atoms with Crippen LogP contribution >= 0.6 is 0 Å². The summed E-state index contributed by atoms with van der Waals surface area (Å²) < 4.78 is 4.73. The van der Waals surface area contributed by atoms with E-state index in [9.17, 15) is 9.59 Å². The van der Waals surface area contributed by atoms with Crippen LogP contribution in [-0.2, 0) is 19.7 Å². The fourth-order valence-corrected chi connectivity index (χ4v) is 2.15. The third-order valence-electron chi connectivity index (χ3n) is 3.13. The van der Waals surface area contributed by atoms with E-state index in [1.807, 2.05) is 18.2 Å². The number of ether oxygens (including phenoxy) is 1. The Morgan fingerprint density at radius 3 is 2.62 bits per heavy atom. The fraction of sp³-hybridized carbons (Fsp3) is 0.333. The predicted molar refractivity (Wildman–Crippen MR) is 59.2 cm³/mol. The van der Waals surface area contributed by atoms with E-state index < -0.39 is 11.4 Å². The smallest absolute Gasteiger partial charge is 0.325 e. The lowest BCUT2D eigenvalue weighted by Gasteiger charge is -2.19. The van der Waals surface area contributed by atoms with Gasteiger partial charge in [-0.05, 0) is 13.0 Å². The highest BCUT2D eigenvalue weighted by Gasteiger charge is 2.52. The Labute approximate surface area is 93.8 Å². The molecule has 0 spiro atoms. The molecule has 4 nitrogen and oxygen atoms in total. The monoisotopic (exact) mass is 219 g/mol. The molecule has 1 aliphatic rings. The molecule has 1 aliphatic heterocycles. The normalized spacial score (nSPS) is 23.2. The first-order valence-electron chi connectivity index (χ1n) is 4.99. The molecule has 1 aromatic carbocycles. The van der Waals surface area contributed by atoms with Crippen LogP contribution in [0.25, 0.3) is 0 Å². The third kappa shape index (κ3) is 1.10. The first kappa shape index (κ1) is 10.7. The molecular formula is C12H13NO3. The van der Waals surface area contributed by atoms with Gasteiger partial charge >= 0.3 is 5.97 Å². The second-order valence-electron chi connectivity index (χ2n) is 4.00. The van der Waals surface area contributed by atoms with Crippen molar-refractivity contribution in [3.63, 3.8) is 0 Å². The molecule has 0 bridgehead atoms. The number of hydrogen-bond acceptors (Lipinski definition) is 3. The van der Waals surface area contributed by atoms with Crippen LogP contribution in [0.4, 0.5) is 5.69 Å². The molecular weight excluding hydrogens is 206 g/mol. The zero-order valence-electron chi connectivity index (χ0n) is 9.48. The number of carbonyl (C=O) groups excluding carboxylic acids is 2. The summed E-state index contributed by atoms with van der Waals surface area (Å²) in [6.07, 6.45) is 0. The van der Waals surface area contributed by atoms with E-state index in [1.54, 1.807) is 20.0 Å². The standard InChI is InChI=1S/C12H13NO3/c1-12(11(15)16-3)8-6-4-5-7-9(8)13(2)10(12)14/h4-7H,1-3H3/t12-/m1/s1. The van der Waals surface area contributed by atoms with Gasteiger partial charge in [-0.2, -0.15) is 0 Å². The highest BCUT2D eigenvalue weighted by atomic mass is 16.5. The number of amides is 1. The highest BCUT2D eigenvalue weighted by molar-refractivity contribution is 6.19. The summed E-state index contributed by atoms with van der Waals surface area (Å²) >= 11 is 0. The van der Waals surface area contributed by atoms with Crippen LogP contribution in [0.2, 0.25) is 0 Å². The molecule has 0 radical (unpaired) electrons. The molecule has 0 saturated heterocycles. The van der Waals surface area contributed by atoms with Crippen molar-refractivity contribution in [2.24, 2.45) is 0 Å². The first-order chi connectivity index (χ1) is 7.53. The average molecular weight is 219 g/mol. The minimum atomic E-state index is -1.21. The topological polar surface area (TPSA) is 46.6 Å². The summed E-state index contributed by atoms with van der Waals surface area (Å²) in [4.78, 5) is 25.4. The van der Waals surface area contributed by atoms with E-state index in [-0.39, 0.29) is 5.91 Å². The van der Waals surface area contributed by atoms with Gasteiger partial charge in [0.05, 0.1) is 7.11 Å². The van der Waals surface area contributed by atoms with Crippen molar-refractivity contribution < 1.29 is 14.3 Å². The molecule has 0 N–H and O–H groups in total. The van der Waals surface area contributed by atoms with Gasteiger partial charge in [0.1, 0.15) is 0 Å². The van der Waals surface area contributed by atoms with Crippen LogP contribution in [0, 0.1) is 0 Å². The highest BCUT2D eigenvalue weighted by Crippen LogP contribution is 2.41. The quantitative estimate of drug-likeness (QED) is 0.524. The van der Waals surface area contributed by atoms with Crippen LogP contribution in [0.15, 0.2) is 24.3 Å². The van der Waals surface area contributed by atoms with Gasteiger partial charge in [0, 0.05) is 18.3 Å². The van der Waals surface area contributed by atoms with Crippen molar-refractivity contribution in [1.82, 2.24) is 0 Å². The van der Waals surface area contributed by atoms with Crippen molar-refractivity contribution in [2.75, 3.05) is 19.1 Å². The molecule has 1 atom stereocenters. The maximum Gasteiger partial charge on any atom is 0.325 e. The summed E-state index contributed by atoms with van der Waals surface area (Å²) in [6.45, 7) is 1.60. The number of benzene rings is 1. The number of rotatable bonds is 1. The maximum absolute atomic E-state index is 12.1. The number of likely N-dealkylation sites (N-methyl/N-ethyl adjacent to an activating group) is 1. The molecule has 84 valence electrons. The Balaban J connectivity index is 2.65. The Bertz CT molecular complexity index is 469. The van der Waals surface area contributed by atoms with Gasteiger partial charge < -0.3 is 9.64 Å².